The van der Waals surface area contributed by atoms with Crippen LogP contribution in [0.15, 0.2) is 36.4 Å². The van der Waals surface area contributed by atoms with Crippen LogP contribution in [0.5, 0.6) is 0 Å². The maximum Gasteiger partial charge on any atom is 0.0926 e. The highest BCUT2D eigenvalue weighted by atomic mass is 15.3. The van der Waals surface area contributed by atoms with Crippen LogP contribution < -0.4 is 5.32 Å². The second-order valence-corrected chi connectivity index (χ2v) is 3.54. The Morgan fingerprint density at radius 2 is 2.00 bits per heavy atom. The van der Waals surface area contributed by atoms with Gasteiger partial charge in [-0.05, 0) is 13.1 Å². The number of aromatic nitrogens is 2. The summed E-state index contributed by atoms with van der Waals surface area (Å²) in [6.07, 6.45) is 0. The van der Waals surface area contributed by atoms with Crippen LogP contribution in [0.1, 0.15) is 5.69 Å². The van der Waals surface area contributed by atoms with Crippen molar-refractivity contribution >= 4 is 0 Å². The third kappa shape index (κ3) is 2.07. The molecule has 78 valence electrons. The maximum absolute atomic E-state index is 4.48. The van der Waals surface area contributed by atoms with E-state index in [1.165, 1.54) is 5.69 Å². The fourth-order valence-electron chi connectivity index (χ4n) is 1.60. The molecule has 1 aromatic heterocycles. The Morgan fingerprint density at radius 3 is 2.67 bits per heavy atom. The Bertz CT molecular complexity index is 431. The molecule has 0 amide bonds. The van der Waals surface area contributed by atoms with Crippen LogP contribution in [-0.2, 0) is 13.6 Å². The van der Waals surface area contributed by atoms with Gasteiger partial charge in [0.15, 0.2) is 0 Å². The van der Waals surface area contributed by atoms with E-state index in [-0.39, 0.29) is 0 Å². The summed E-state index contributed by atoms with van der Waals surface area (Å²) in [5.41, 5.74) is 3.38. The van der Waals surface area contributed by atoms with Gasteiger partial charge in [0, 0.05) is 19.2 Å². The predicted molar refractivity (Wildman–Crippen MR) is 61.4 cm³/mol. The van der Waals surface area contributed by atoms with Gasteiger partial charge < -0.3 is 5.32 Å². The van der Waals surface area contributed by atoms with E-state index in [1.54, 1.807) is 0 Å². The normalized spacial score (nSPS) is 10.5. The number of aryl methyl sites for hydroxylation is 1. The summed E-state index contributed by atoms with van der Waals surface area (Å²) in [7, 11) is 3.91. The van der Waals surface area contributed by atoms with Crippen molar-refractivity contribution in [3.05, 3.63) is 42.1 Å². The first kappa shape index (κ1) is 9.93. The van der Waals surface area contributed by atoms with Gasteiger partial charge in [0.1, 0.15) is 0 Å². The van der Waals surface area contributed by atoms with E-state index in [0.717, 1.165) is 17.8 Å². The number of hydrogen-bond acceptors (Lipinski definition) is 2. The summed E-state index contributed by atoms with van der Waals surface area (Å²) in [4.78, 5) is 0. The zero-order valence-electron chi connectivity index (χ0n) is 9.07. The van der Waals surface area contributed by atoms with Crippen LogP contribution in [0.25, 0.3) is 11.3 Å². The van der Waals surface area contributed by atoms with E-state index in [4.69, 9.17) is 0 Å². The SMILES string of the molecule is CNCc1cc(-c2ccccc2)nn1C. The fourth-order valence-corrected chi connectivity index (χ4v) is 1.60. The number of rotatable bonds is 3. The first-order valence-corrected chi connectivity index (χ1v) is 5.04. The second-order valence-electron chi connectivity index (χ2n) is 3.54. The predicted octanol–water partition coefficient (Wildman–Crippen LogP) is 1.81. The molecule has 0 fully saturated rings. The molecule has 1 aromatic carbocycles. The van der Waals surface area contributed by atoms with Crippen molar-refractivity contribution in [1.29, 1.82) is 0 Å². The molecule has 0 spiro atoms. The molecule has 0 saturated carbocycles. The summed E-state index contributed by atoms with van der Waals surface area (Å²) < 4.78 is 1.92. The van der Waals surface area contributed by atoms with Gasteiger partial charge in [-0.25, -0.2) is 0 Å². The van der Waals surface area contributed by atoms with E-state index in [2.05, 4.69) is 28.6 Å². The Hall–Kier alpha value is -1.61. The zero-order chi connectivity index (χ0) is 10.7. The van der Waals surface area contributed by atoms with Gasteiger partial charge in [0.25, 0.3) is 0 Å². The lowest BCUT2D eigenvalue weighted by Gasteiger charge is -1.97. The molecule has 0 aliphatic rings. The molecule has 3 nitrogen and oxygen atoms in total. The molecule has 0 unspecified atom stereocenters. The first-order chi connectivity index (χ1) is 7.31. The van der Waals surface area contributed by atoms with Gasteiger partial charge in [-0.1, -0.05) is 30.3 Å². The van der Waals surface area contributed by atoms with Gasteiger partial charge in [0.2, 0.25) is 0 Å². The molecular weight excluding hydrogens is 186 g/mol. The monoisotopic (exact) mass is 201 g/mol. The highest BCUT2D eigenvalue weighted by Gasteiger charge is 2.05. The smallest absolute Gasteiger partial charge is 0.0926 e. The van der Waals surface area contributed by atoms with Crippen molar-refractivity contribution in [2.45, 2.75) is 6.54 Å². The van der Waals surface area contributed by atoms with Crippen LogP contribution in [0.2, 0.25) is 0 Å². The summed E-state index contributed by atoms with van der Waals surface area (Å²) in [6, 6.07) is 12.3. The van der Waals surface area contributed by atoms with Crippen LogP contribution in [0.3, 0.4) is 0 Å². The van der Waals surface area contributed by atoms with Crippen molar-refractivity contribution in [2.24, 2.45) is 7.05 Å². The Labute approximate surface area is 89.7 Å². The average molecular weight is 201 g/mol. The Balaban J connectivity index is 2.34. The topological polar surface area (TPSA) is 29.9 Å². The van der Waals surface area contributed by atoms with Gasteiger partial charge in [-0.3, -0.25) is 4.68 Å². The summed E-state index contributed by atoms with van der Waals surface area (Å²) in [6.45, 7) is 0.844. The highest BCUT2D eigenvalue weighted by molar-refractivity contribution is 5.59. The molecule has 3 heteroatoms. The minimum absolute atomic E-state index is 0.844. The maximum atomic E-state index is 4.48. The van der Waals surface area contributed by atoms with Gasteiger partial charge in [-0.15, -0.1) is 0 Å². The molecule has 0 atom stereocenters. The van der Waals surface area contributed by atoms with Gasteiger partial charge >= 0.3 is 0 Å². The van der Waals surface area contributed by atoms with Crippen molar-refractivity contribution < 1.29 is 0 Å². The average Bonchev–Trinajstić information content (AvgIpc) is 2.63. The number of nitrogens with zero attached hydrogens (tertiary/aromatic N) is 2. The van der Waals surface area contributed by atoms with Crippen LogP contribution in [0, 0.1) is 0 Å². The standard InChI is InChI=1S/C12H15N3/c1-13-9-11-8-12(14-15(11)2)10-6-4-3-5-7-10/h3-8,13H,9H2,1-2H3. The summed E-state index contributed by atoms with van der Waals surface area (Å²) in [5.74, 6) is 0. The van der Waals surface area contributed by atoms with E-state index in [1.807, 2.05) is 37.0 Å². The molecule has 1 N–H and O–H groups in total. The van der Waals surface area contributed by atoms with Crippen molar-refractivity contribution in [2.75, 3.05) is 7.05 Å². The minimum Gasteiger partial charge on any atom is -0.314 e. The lowest BCUT2D eigenvalue weighted by Crippen LogP contribution is -2.09. The molecule has 1 heterocycles. The quantitative estimate of drug-likeness (QED) is 0.820. The molecule has 15 heavy (non-hydrogen) atoms. The summed E-state index contributed by atoms with van der Waals surface area (Å²) in [5, 5.41) is 7.60. The van der Waals surface area contributed by atoms with Crippen molar-refractivity contribution in [1.82, 2.24) is 15.1 Å². The highest BCUT2D eigenvalue weighted by Crippen LogP contribution is 2.17. The van der Waals surface area contributed by atoms with E-state index >= 15 is 0 Å². The molecule has 0 aliphatic carbocycles. The lowest BCUT2D eigenvalue weighted by atomic mass is 10.1. The van der Waals surface area contributed by atoms with Crippen LogP contribution in [0.4, 0.5) is 0 Å². The number of hydrogen-bond donors (Lipinski definition) is 1. The van der Waals surface area contributed by atoms with Crippen LogP contribution in [-0.4, -0.2) is 16.8 Å². The molecule has 0 radical (unpaired) electrons. The molecule has 0 saturated heterocycles. The summed E-state index contributed by atoms with van der Waals surface area (Å²) >= 11 is 0. The second kappa shape index (κ2) is 4.28. The Morgan fingerprint density at radius 1 is 1.27 bits per heavy atom. The van der Waals surface area contributed by atoms with E-state index in [0.29, 0.717) is 0 Å². The first-order valence-electron chi connectivity index (χ1n) is 5.04. The third-order valence-electron chi connectivity index (χ3n) is 2.40. The lowest BCUT2D eigenvalue weighted by molar-refractivity contribution is 0.673. The third-order valence-corrected chi connectivity index (χ3v) is 2.40. The van der Waals surface area contributed by atoms with Gasteiger partial charge in [0.05, 0.1) is 11.4 Å². The minimum atomic E-state index is 0.844. The number of nitrogens with one attached hydrogen (secondary N) is 1. The molecular formula is C12H15N3. The van der Waals surface area contributed by atoms with Crippen molar-refractivity contribution in [3.63, 3.8) is 0 Å². The molecule has 0 aliphatic heterocycles. The molecule has 2 rings (SSSR count). The number of benzene rings is 1. The van der Waals surface area contributed by atoms with Gasteiger partial charge in [-0.2, -0.15) is 5.10 Å². The van der Waals surface area contributed by atoms with Crippen molar-refractivity contribution in [3.8, 4) is 11.3 Å². The fraction of sp³-hybridized carbons (Fsp3) is 0.250. The Kier molecular flexibility index (Phi) is 2.83. The van der Waals surface area contributed by atoms with E-state index < -0.39 is 0 Å². The van der Waals surface area contributed by atoms with Crippen LogP contribution >= 0.6 is 0 Å². The van der Waals surface area contributed by atoms with E-state index in [9.17, 15) is 0 Å². The zero-order valence-corrected chi connectivity index (χ0v) is 9.07. The molecule has 2 aromatic rings. The molecule has 0 bridgehead atoms. The largest absolute Gasteiger partial charge is 0.314 e.